The van der Waals surface area contributed by atoms with E-state index in [9.17, 15) is 0 Å². The van der Waals surface area contributed by atoms with Gasteiger partial charge in [-0.05, 0) is 42.2 Å². The molecule has 0 aliphatic rings. The third-order valence-electron chi connectivity index (χ3n) is 3.14. The van der Waals surface area contributed by atoms with Gasteiger partial charge in [0.2, 0.25) is 0 Å². The summed E-state index contributed by atoms with van der Waals surface area (Å²) in [5, 5.41) is 3.46. The first-order valence-corrected chi connectivity index (χ1v) is 8.06. The van der Waals surface area contributed by atoms with E-state index < -0.39 is 0 Å². The standard InChI is InChI=1S/C18H22BrNO/c1-13(2)12-21-18-7-5-4-6-17(18)20-11-15-9-8-14(3)10-16(15)19/h4-10,13,20H,11-12H2,1-3H3. The van der Waals surface area contributed by atoms with Crippen LogP contribution in [-0.2, 0) is 6.54 Å². The van der Waals surface area contributed by atoms with Crippen molar-refractivity contribution in [3.63, 3.8) is 0 Å². The number of hydrogen-bond donors (Lipinski definition) is 1. The van der Waals surface area contributed by atoms with Gasteiger partial charge in [-0.15, -0.1) is 0 Å². The topological polar surface area (TPSA) is 21.3 Å². The second-order valence-corrected chi connectivity index (χ2v) is 6.50. The first-order valence-electron chi connectivity index (χ1n) is 7.27. The molecule has 0 aliphatic carbocycles. The van der Waals surface area contributed by atoms with Crippen molar-refractivity contribution in [2.24, 2.45) is 5.92 Å². The number of ether oxygens (including phenoxy) is 1. The van der Waals surface area contributed by atoms with Crippen molar-refractivity contribution in [2.75, 3.05) is 11.9 Å². The highest BCUT2D eigenvalue weighted by Crippen LogP contribution is 2.26. The lowest BCUT2D eigenvalue weighted by atomic mass is 10.1. The summed E-state index contributed by atoms with van der Waals surface area (Å²) in [6.45, 7) is 7.89. The molecule has 2 aromatic rings. The van der Waals surface area contributed by atoms with E-state index in [1.54, 1.807) is 0 Å². The zero-order valence-corrected chi connectivity index (χ0v) is 14.4. The lowest BCUT2D eigenvalue weighted by Gasteiger charge is -2.15. The minimum atomic E-state index is 0.518. The van der Waals surface area contributed by atoms with E-state index in [0.717, 1.165) is 29.1 Å². The Morgan fingerprint density at radius 3 is 2.62 bits per heavy atom. The summed E-state index contributed by atoms with van der Waals surface area (Å²) in [6, 6.07) is 14.5. The van der Waals surface area contributed by atoms with E-state index in [4.69, 9.17) is 4.74 Å². The molecule has 112 valence electrons. The number of benzene rings is 2. The molecule has 0 spiro atoms. The first-order chi connectivity index (χ1) is 10.1. The van der Waals surface area contributed by atoms with Crippen LogP contribution in [0.2, 0.25) is 0 Å². The molecule has 0 unspecified atom stereocenters. The Morgan fingerprint density at radius 1 is 1.14 bits per heavy atom. The molecule has 2 rings (SSSR count). The SMILES string of the molecule is Cc1ccc(CNc2ccccc2OCC(C)C)c(Br)c1. The van der Waals surface area contributed by atoms with Crippen LogP contribution >= 0.6 is 15.9 Å². The van der Waals surface area contributed by atoms with Gasteiger partial charge < -0.3 is 10.1 Å². The predicted octanol–water partition coefficient (Wildman–Crippen LogP) is 5.40. The number of halogens is 1. The van der Waals surface area contributed by atoms with Crippen molar-refractivity contribution < 1.29 is 4.74 Å². The summed E-state index contributed by atoms with van der Waals surface area (Å²) in [5.41, 5.74) is 3.52. The fourth-order valence-electron chi connectivity index (χ4n) is 1.98. The Kier molecular flexibility index (Phi) is 5.68. The van der Waals surface area contributed by atoms with E-state index in [-0.39, 0.29) is 0 Å². The van der Waals surface area contributed by atoms with Gasteiger partial charge in [-0.2, -0.15) is 0 Å². The maximum absolute atomic E-state index is 5.86. The average Bonchev–Trinajstić information content (AvgIpc) is 2.45. The third kappa shape index (κ3) is 4.78. The van der Waals surface area contributed by atoms with E-state index >= 15 is 0 Å². The smallest absolute Gasteiger partial charge is 0.142 e. The first kappa shape index (κ1) is 15.9. The van der Waals surface area contributed by atoms with Crippen LogP contribution in [0.25, 0.3) is 0 Å². The van der Waals surface area contributed by atoms with Gasteiger partial charge in [0.15, 0.2) is 0 Å². The summed E-state index contributed by atoms with van der Waals surface area (Å²) < 4.78 is 7.00. The fraction of sp³-hybridized carbons (Fsp3) is 0.333. The minimum absolute atomic E-state index is 0.518. The molecule has 0 fully saturated rings. The zero-order valence-electron chi connectivity index (χ0n) is 12.8. The second kappa shape index (κ2) is 7.51. The molecule has 0 saturated carbocycles. The number of aryl methyl sites for hydroxylation is 1. The molecule has 0 aliphatic heterocycles. The van der Waals surface area contributed by atoms with Gasteiger partial charge >= 0.3 is 0 Å². The third-order valence-corrected chi connectivity index (χ3v) is 3.88. The highest BCUT2D eigenvalue weighted by Gasteiger charge is 2.05. The minimum Gasteiger partial charge on any atom is -0.491 e. The van der Waals surface area contributed by atoms with Crippen molar-refractivity contribution >= 4 is 21.6 Å². The van der Waals surface area contributed by atoms with Crippen LogP contribution in [0.3, 0.4) is 0 Å². The van der Waals surface area contributed by atoms with Crippen LogP contribution < -0.4 is 10.1 Å². The van der Waals surface area contributed by atoms with Crippen molar-refractivity contribution in [1.82, 2.24) is 0 Å². The summed E-state index contributed by atoms with van der Waals surface area (Å²) in [4.78, 5) is 0. The summed E-state index contributed by atoms with van der Waals surface area (Å²) in [6.07, 6.45) is 0. The molecule has 0 heterocycles. The van der Waals surface area contributed by atoms with Crippen molar-refractivity contribution in [2.45, 2.75) is 27.3 Å². The summed E-state index contributed by atoms with van der Waals surface area (Å²) in [7, 11) is 0. The molecule has 3 heteroatoms. The van der Waals surface area contributed by atoms with Crippen LogP contribution in [0.4, 0.5) is 5.69 Å². The molecule has 0 bridgehead atoms. The number of para-hydroxylation sites is 2. The lowest BCUT2D eigenvalue weighted by molar-refractivity contribution is 0.272. The molecule has 0 aromatic heterocycles. The number of hydrogen-bond acceptors (Lipinski definition) is 2. The van der Waals surface area contributed by atoms with Gasteiger partial charge in [0.25, 0.3) is 0 Å². The number of nitrogens with one attached hydrogen (secondary N) is 1. The van der Waals surface area contributed by atoms with Gasteiger partial charge in [-0.3, -0.25) is 0 Å². The summed E-state index contributed by atoms with van der Waals surface area (Å²) in [5.74, 6) is 1.43. The van der Waals surface area contributed by atoms with Gasteiger partial charge in [0, 0.05) is 11.0 Å². The second-order valence-electron chi connectivity index (χ2n) is 5.65. The number of anilines is 1. The Morgan fingerprint density at radius 2 is 1.90 bits per heavy atom. The van der Waals surface area contributed by atoms with E-state index in [0.29, 0.717) is 5.92 Å². The predicted molar refractivity (Wildman–Crippen MR) is 93.0 cm³/mol. The average molecular weight is 348 g/mol. The molecular formula is C18H22BrNO. The Labute approximate surface area is 135 Å². The number of rotatable bonds is 6. The van der Waals surface area contributed by atoms with Crippen molar-refractivity contribution in [1.29, 1.82) is 0 Å². The van der Waals surface area contributed by atoms with Crippen LogP contribution in [-0.4, -0.2) is 6.61 Å². The maximum atomic E-state index is 5.86. The van der Waals surface area contributed by atoms with Gasteiger partial charge in [-0.1, -0.05) is 54.0 Å². The molecule has 21 heavy (non-hydrogen) atoms. The molecule has 0 atom stereocenters. The van der Waals surface area contributed by atoms with Crippen molar-refractivity contribution in [3.05, 3.63) is 58.1 Å². The Bertz CT molecular complexity index is 596. The maximum Gasteiger partial charge on any atom is 0.142 e. The molecule has 2 aromatic carbocycles. The molecule has 0 radical (unpaired) electrons. The lowest BCUT2D eigenvalue weighted by Crippen LogP contribution is -2.07. The monoisotopic (exact) mass is 347 g/mol. The zero-order chi connectivity index (χ0) is 15.2. The molecule has 0 saturated heterocycles. The van der Waals surface area contributed by atoms with Gasteiger partial charge in [0.05, 0.1) is 12.3 Å². The van der Waals surface area contributed by atoms with E-state index in [2.05, 4.69) is 66.3 Å². The molecular weight excluding hydrogens is 326 g/mol. The van der Waals surface area contributed by atoms with Crippen LogP contribution in [0.15, 0.2) is 46.9 Å². The Balaban J connectivity index is 2.05. The molecule has 1 N–H and O–H groups in total. The van der Waals surface area contributed by atoms with Gasteiger partial charge in [-0.25, -0.2) is 0 Å². The van der Waals surface area contributed by atoms with Crippen molar-refractivity contribution in [3.8, 4) is 5.75 Å². The highest BCUT2D eigenvalue weighted by atomic mass is 79.9. The van der Waals surface area contributed by atoms with Gasteiger partial charge in [0.1, 0.15) is 5.75 Å². The van der Waals surface area contributed by atoms with Crippen LogP contribution in [0, 0.1) is 12.8 Å². The molecule has 2 nitrogen and oxygen atoms in total. The van der Waals surface area contributed by atoms with E-state index in [1.165, 1.54) is 11.1 Å². The Hall–Kier alpha value is -1.48. The fourth-order valence-corrected chi connectivity index (χ4v) is 2.61. The van der Waals surface area contributed by atoms with Crippen LogP contribution in [0.5, 0.6) is 5.75 Å². The normalized spacial score (nSPS) is 10.7. The van der Waals surface area contributed by atoms with E-state index in [1.807, 2.05) is 18.2 Å². The largest absolute Gasteiger partial charge is 0.491 e. The van der Waals surface area contributed by atoms with Crippen LogP contribution in [0.1, 0.15) is 25.0 Å². The quantitative estimate of drug-likeness (QED) is 0.754. The highest BCUT2D eigenvalue weighted by molar-refractivity contribution is 9.10. The summed E-state index contributed by atoms with van der Waals surface area (Å²) >= 11 is 3.62. The molecule has 0 amide bonds.